The molecule has 2 aliphatic carbocycles. The fourth-order valence-corrected chi connectivity index (χ4v) is 8.20. The van der Waals surface area contributed by atoms with Crippen LogP contribution in [0.4, 0.5) is 0 Å². The molecule has 18 heteroatoms. The molecule has 0 amide bonds. The number of pyridine rings is 2. The highest BCUT2D eigenvalue weighted by atomic mass is 79.9. The molecule has 2 aliphatic rings. The Kier molecular flexibility index (Phi) is 12.9. The topological polar surface area (TPSA) is 182 Å². The summed E-state index contributed by atoms with van der Waals surface area (Å²) < 4.78 is 6.27. The summed E-state index contributed by atoms with van der Waals surface area (Å²) >= 11 is 12.0. The quantitative estimate of drug-likeness (QED) is 0.209. The number of rotatable bonds is 4. The van der Waals surface area contributed by atoms with Crippen LogP contribution in [0.1, 0.15) is 66.7 Å². The van der Waals surface area contributed by atoms with E-state index in [-0.39, 0.29) is 60.8 Å². The zero-order valence-electron chi connectivity index (χ0n) is 32.8. The van der Waals surface area contributed by atoms with Crippen LogP contribution in [-0.4, -0.2) is 51.4 Å². The van der Waals surface area contributed by atoms with E-state index in [0.717, 1.165) is 33.9 Å². The van der Waals surface area contributed by atoms with Crippen molar-refractivity contribution in [2.24, 2.45) is 28.2 Å². The average molecular weight is 975 g/mol. The van der Waals surface area contributed by atoms with E-state index in [0.29, 0.717) is 24.2 Å². The number of halogens is 2. The highest BCUT2D eigenvalue weighted by Crippen LogP contribution is 2.36. The smallest absolute Gasteiger partial charge is 0.289 e. The molecular weight excluding hydrogens is 940 g/mol. The van der Waals surface area contributed by atoms with E-state index in [1.54, 1.807) is 6.92 Å². The third-order valence-corrected chi connectivity index (χ3v) is 12.1. The van der Waals surface area contributed by atoms with Gasteiger partial charge in [0.15, 0.2) is 17.3 Å². The van der Waals surface area contributed by atoms with Gasteiger partial charge in [-0.25, -0.2) is 19.6 Å². The molecule has 0 spiro atoms. The SMILES string of the molecule is CCc1nc2c(c3c1C(=O)C(Sc1ccc(Br)cc1)=CC3=O)c(=O)n(C)c(=O)n2C.CCc1nc2c(c3c1C(=O)C=CC3=O)c(=O)n(C)c(=O)n2C.Sc1ccc(Br)cc1. The molecule has 4 aromatic heterocycles. The third-order valence-electron chi connectivity index (χ3n) is 9.70. The van der Waals surface area contributed by atoms with Crippen LogP contribution >= 0.6 is 56.3 Å². The molecule has 0 bridgehead atoms. The lowest BCUT2D eigenvalue weighted by molar-refractivity contribution is 0.0991. The highest BCUT2D eigenvalue weighted by Gasteiger charge is 2.34. The number of aromatic nitrogens is 6. The fraction of sp³-hybridized carbons (Fsp3) is 0.190. The van der Waals surface area contributed by atoms with E-state index < -0.39 is 34.1 Å². The number of nitrogens with zero attached hydrogens (tertiary/aromatic N) is 6. The van der Waals surface area contributed by atoms with Crippen molar-refractivity contribution in [3.63, 3.8) is 0 Å². The number of fused-ring (bicyclic) bond motifs is 6. The molecule has 0 radical (unpaired) electrons. The second kappa shape index (κ2) is 17.6. The van der Waals surface area contributed by atoms with Gasteiger partial charge in [0.1, 0.15) is 11.3 Å². The summed E-state index contributed by atoms with van der Waals surface area (Å²) in [6.45, 7) is 3.61. The van der Waals surface area contributed by atoms with E-state index in [4.69, 9.17) is 0 Å². The summed E-state index contributed by atoms with van der Waals surface area (Å²) in [5.41, 5.74) is -0.920. The van der Waals surface area contributed by atoms with Crippen molar-refractivity contribution in [1.29, 1.82) is 0 Å². The Balaban J connectivity index is 0.000000175. The lowest BCUT2D eigenvalue weighted by Gasteiger charge is -2.20. The third kappa shape index (κ3) is 8.03. The number of aryl methyl sites for hydroxylation is 4. The first-order valence-electron chi connectivity index (χ1n) is 18.1. The van der Waals surface area contributed by atoms with Gasteiger partial charge in [0.25, 0.3) is 11.1 Å². The first-order chi connectivity index (χ1) is 28.4. The summed E-state index contributed by atoms with van der Waals surface area (Å²) in [6, 6.07) is 15.2. The van der Waals surface area contributed by atoms with Crippen LogP contribution in [0.3, 0.4) is 0 Å². The second-order valence-corrected chi connectivity index (χ2v) is 16.9. The van der Waals surface area contributed by atoms with Crippen molar-refractivity contribution in [3.05, 3.63) is 156 Å². The summed E-state index contributed by atoms with van der Waals surface area (Å²) in [5, 5.41) is 0.00796. The number of Topliss-reactive ketones (excluding diaryl/α,β-unsaturated/α-hetero) is 1. The molecule has 0 aliphatic heterocycles. The monoisotopic (exact) mass is 972 g/mol. The first kappa shape index (κ1) is 44.0. The van der Waals surface area contributed by atoms with Crippen LogP contribution in [0.15, 0.2) is 110 Å². The molecule has 14 nitrogen and oxygen atoms in total. The molecule has 0 unspecified atom stereocenters. The zero-order valence-corrected chi connectivity index (χ0v) is 37.7. The van der Waals surface area contributed by atoms with Gasteiger partial charge in [-0.3, -0.25) is 47.0 Å². The predicted octanol–water partition coefficient (Wildman–Crippen LogP) is 5.88. The summed E-state index contributed by atoms with van der Waals surface area (Å²) in [6.07, 6.45) is 4.38. The number of benzene rings is 2. The highest BCUT2D eigenvalue weighted by molar-refractivity contribution is 9.10. The molecule has 2 aromatic carbocycles. The minimum atomic E-state index is -0.641. The minimum absolute atomic E-state index is 0.00547. The minimum Gasteiger partial charge on any atom is -0.289 e. The van der Waals surface area contributed by atoms with Gasteiger partial charge in [0.2, 0.25) is 5.78 Å². The Morgan fingerprint density at radius 2 is 0.983 bits per heavy atom. The van der Waals surface area contributed by atoms with E-state index in [1.165, 1.54) is 61.2 Å². The van der Waals surface area contributed by atoms with Crippen molar-refractivity contribution >= 4 is 101 Å². The van der Waals surface area contributed by atoms with Gasteiger partial charge in [0, 0.05) is 53.0 Å². The first-order valence-corrected chi connectivity index (χ1v) is 21.0. The average Bonchev–Trinajstić information content (AvgIpc) is 3.24. The van der Waals surface area contributed by atoms with Gasteiger partial charge in [0.05, 0.1) is 49.3 Å². The van der Waals surface area contributed by atoms with Crippen LogP contribution in [0.5, 0.6) is 0 Å². The van der Waals surface area contributed by atoms with Crippen LogP contribution < -0.4 is 22.5 Å². The van der Waals surface area contributed by atoms with Gasteiger partial charge in [-0.05, 0) is 73.5 Å². The summed E-state index contributed by atoms with van der Waals surface area (Å²) in [7, 11) is 5.63. The van der Waals surface area contributed by atoms with Crippen molar-refractivity contribution < 1.29 is 19.2 Å². The molecule has 6 aromatic rings. The number of allylic oxidation sites excluding steroid dienone is 4. The van der Waals surface area contributed by atoms with E-state index in [2.05, 4.69) is 54.5 Å². The second-order valence-electron chi connectivity index (χ2n) is 13.4. The maximum absolute atomic E-state index is 13.3. The molecule has 8 rings (SSSR count). The van der Waals surface area contributed by atoms with Crippen molar-refractivity contribution in [2.45, 2.75) is 36.5 Å². The lowest BCUT2D eigenvalue weighted by atomic mass is 9.90. The Labute approximate surface area is 367 Å². The maximum Gasteiger partial charge on any atom is 0.332 e. The molecule has 306 valence electrons. The number of hydrogen-bond donors (Lipinski definition) is 1. The van der Waals surface area contributed by atoms with Crippen LogP contribution in [-0.2, 0) is 41.0 Å². The lowest BCUT2D eigenvalue weighted by Crippen LogP contribution is -2.39. The Hall–Kier alpha value is -5.56. The van der Waals surface area contributed by atoms with Gasteiger partial charge in [-0.2, -0.15) is 0 Å². The normalized spacial score (nSPS) is 13.1. The standard InChI is InChI=1S/C21H16BrN3O4S.C15H13N3O4.C6H5BrS/c1-4-12-15-16(17-19(23-12)24(2)21(29)25(3)20(17)28)13(26)9-14(18(15)27)30-11-7-5-10(22)6-8-11;1-4-7-10-8(19)5-6-9(20)11(10)12-13(16-7)17(2)15(22)18(3)14(12)21;7-5-1-3-6(8)4-2-5/h5-9H,4H2,1-3H3;5-6H,4H2,1-3H3;1-4,8H. The Morgan fingerprint density at radius 3 is 1.43 bits per heavy atom. The number of ketones is 4. The Bertz CT molecular complexity index is 3140. The molecular formula is C42H34Br2N6O8S2. The van der Waals surface area contributed by atoms with Gasteiger partial charge in [-0.15, -0.1) is 12.6 Å². The van der Waals surface area contributed by atoms with Crippen molar-refractivity contribution in [2.75, 3.05) is 0 Å². The molecule has 0 saturated carbocycles. The van der Waals surface area contributed by atoms with Crippen molar-refractivity contribution in [3.8, 4) is 0 Å². The maximum atomic E-state index is 13.3. The predicted molar refractivity (Wildman–Crippen MR) is 239 cm³/mol. The summed E-state index contributed by atoms with van der Waals surface area (Å²) in [4.78, 5) is 111. The van der Waals surface area contributed by atoms with Crippen LogP contribution in [0, 0.1) is 0 Å². The largest absolute Gasteiger partial charge is 0.332 e. The summed E-state index contributed by atoms with van der Waals surface area (Å²) in [5.74, 6) is -1.56. The number of thioether (sulfide) groups is 1. The molecule has 0 fully saturated rings. The van der Waals surface area contributed by atoms with Gasteiger partial charge in [-0.1, -0.05) is 57.5 Å². The molecule has 0 N–H and O–H groups in total. The molecule has 0 saturated heterocycles. The number of carbonyl (C=O) groups excluding carboxylic acids is 4. The van der Waals surface area contributed by atoms with Gasteiger partial charge < -0.3 is 0 Å². The molecule has 4 heterocycles. The van der Waals surface area contributed by atoms with Crippen LogP contribution in [0.25, 0.3) is 22.1 Å². The molecule has 60 heavy (non-hydrogen) atoms. The zero-order chi connectivity index (χ0) is 43.9. The number of hydrogen-bond acceptors (Lipinski definition) is 12. The fourth-order valence-electron chi connectivity index (χ4n) is 6.63. The van der Waals surface area contributed by atoms with Crippen LogP contribution in [0.2, 0.25) is 0 Å². The van der Waals surface area contributed by atoms with Gasteiger partial charge >= 0.3 is 11.4 Å². The Morgan fingerprint density at radius 1 is 0.567 bits per heavy atom. The van der Waals surface area contributed by atoms with E-state index >= 15 is 0 Å². The number of carbonyl (C=O) groups is 4. The van der Waals surface area contributed by atoms with E-state index in [1.807, 2.05) is 55.5 Å². The molecule has 0 atom stereocenters. The number of thiol groups is 1. The van der Waals surface area contributed by atoms with Crippen molar-refractivity contribution in [1.82, 2.24) is 28.2 Å². The van der Waals surface area contributed by atoms with E-state index in [9.17, 15) is 38.4 Å².